The van der Waals surface area contributed by atoms with Gasteiger partial charge in [-0.05, 0) is 45.6 Å². The standard InChI is InChI=1S/C13H24N2O/c1-9-5-7-15(11(9)3)13(16)12-4-6-14-10(2)8-12/h9-12,14H,4-8H2,1-3H3/t9?,10-,11?,12-/m0/s1. The van der Waals surface area contributed by atoms with Crippen molar-refractivity contribution in [1.82, 2.24) is 10.2 Å². The molecule has 3 heteroatoms. The van der Waals surface area contributed by atoms with Crippen molar-refractivity contribution in [2.75, 3.05) is 13.1 Å². The third-order valence-electron chi connectivity index (χ3n) is 4.40. The molecule has 0 aromatic heterocycles. The number of hydrogen-bond acceptors (Lipinski definition) is 2. The van der Waals surface area contributed by atoms with Crippen LogP contribution >= 0.6 is 0 Å². The maximum absolute atomic E-state index is 12.4. The van der Waals surface area contributed by atoms with Crippen LogP contribution < -0.4 is 5.32 Å². The van der Waals surface area contributed by atoms with Crippen LogP contribution in [0.2, 0.25) is 0 Å². The van der Waals surface area contributed by atoms with E-state index in [1.807, 2.05) is 0 Å². The predicted molar refractivity (Wildman–Crippen MR) is 65.1 cm³/mol. The highest BCUT2D eigenvalue weighted by molar-refractivity contribution is 5.79. The lowest BCUT2D eigenvalue weighted by atomic mass is 9.91. The number of amides is 1. The van der Waals surface area contributed by atoms with Gasteiger partial charge in [0.05, 0.1) is 0 Å². The summed E-state index contributed by atoms with van der Waals surface area (Å²) in [5.41, 5.74) is 0. The molecule has 2 rings (SSSR count). The molecule has 2 aliphatic heterocycles. The molecule has 1 N–H and O–H groups in total. The molecule has 2 saturated heterocycles. The lowest BCUT2D eigenvalue weighted by Crippen LogP contribution is -2.45. The topological polar surface area (TPSA) is 32.3 Å². The molecule has 2 unspecified atom stereocenters. The average Bonchev–Trinajstić information content (AvgIpc) is 2.59. The van der Waals surface area contributed by atoms with Gasteiger partial charge in [-0.2, -0.15) is 0 Å². The molecular formula is C13H24N2O. The SMILES string of the molecule is CC1CCN(C(=O)[C@H]2CCN[C@@H](C)C2)C1C. The number of likely N-dealkylation sites (tertiary alicyclic amines) is 1. The van der Waals surface area contributed by atoms with Gasteiger partial charge in [-0.1, -0.05) is 6.92 Å². The fourth-order valence-electron chi connectivity index (χ4n) is 3.00. The summed E-state index contributed by atoms with van der Waals surface area (Å²) in [5.74, 6) is 1.34. The number of nitrogens with one attached hydrogen (secondary N) is 1. The van der Waals surface area contributed by atoms with Crippen molar-refractivity contribution in [3.8, 4) is 0 Å². The van der Waals surface area contributed by atoms with Crippen molar-refractivity contribution in [1.29, 1.82) is 0 Å². The quantitative estimate of drug-likeness (QED) is 0.734. The lowest BCUT2D eigenvalue weighted by Gasteiger charge is -2.32. The van der Waals surface area contributed by atoms with E-state index in [9.17, 15) is 4.79 Å². The highest BCUT2D eigenvalue weighted by Gasteiger charge is 2.35. The molecule has 3 nitrogen and oxygen atoms in total. The van der Waals surface area contributed by atoms with Crippen LogP contribution in [0.25, 0.3) is 0 Å². The second-order valence-electron chi connectivity index (χ2n) is 5.61. The first-order chi connectivity index (χ1) is 7.59. The first-order valence-electron chi connectivity index (χ1n) is 6.63. The minimum Gasteiger partial charge on any atom is -0.339 e. The Kier molecular flexibility index (Phi) is 3.53. The Hall–Kier alpha value is -0.570. The van der Waals surface area contributed by atoms with E-state index in [1.165, 1.54) is 6.42 Å². The second kappa shape index (κ2) is 4.74. The van der Waals surface area contributed by atoms with Gasteiger partial charge in [0.2, 0.25) is 5.91 Å². The fraction of sp³-hybridized carbons (Fsp3) is 0.923. The van der Waals surface area contributed by atoms with Crippen LogP contribution in [0, 0.1) is 11.8 Å². The van der Waals surface area contributed by atoms with Gasteiger partial charge in [0.15, 0.2) is 0 Å². The smallest absolute Gasteiger partial charge is 0.226 e. The summed E-state index contributed by atoms with van der Waals surface area (Å²) >= 11 is 0. The van der Waals surface area contributed by atoms with E-state index in [2.05, 4.69) is 31.0 Å². The maximum Gasteiger partial charge on any atom is 0.226 e. The Morgan fingerprint density at radius 1 is 1.25 bits per heavy atom. The monoisotopic (exact) mass is 224 g/mol. The summed E-state index contributed by atoms with van der Waals surface area (Å²) in [6, 6.07) is 0.940. The van der Waals surface area contributed by atoms with E-state index in [-0.39, 0.29) is 5.92 Å². The summed E-state index contributed by atoms with van der Waals surface area (Å²) in [6.45, 7) is 8.59. The van der Waals surface area contributed by atoms with Crippen molar-refractivity contribution >= 4 is 5.91 Å². The third-order valence-corrected chi connectivity index (χ3v) is 4.40. The summed E-state index contributed by atoms with van der Waals surface area (Å²) < 4.78 is 0. The molecule has 2 heterocycles. The number of hydrogen-bond donors (Lipinski definition) is 1. The Labute approximate surface area is 98.6 Å². The fourth-order valence-corrected chi connectivity index (χ4v) is 3.00. The molecule has 1 amide bonds. The number of nitrogens with zero attached hydrogens (tertiary/aromatic N) is 1. The molecule has 0 saturated carbocycles. The molecule has 0 aromatic carbocycles. The zero-order valence-electron chi connectivity index (χ0n) is 10.7. The molecule has 2 fully saturated rings. The van der Waals surface area contributed by atoms with Gasteiger partial charge in [0.25, 0.3) is 0 Å². The number of rotatable bonds is 1. The lowest BCUT2D eigenvalue weighted by molar-refractivity contribution is -0.137. The molecule has 16 heavy (non-hydrogen) atoms. The van der Waals surface area contributed by atoms with E-state index in [0.717, 1.165) is 25.9 Å². The molecule has 0 bridgehead atoms. The van der Waals surface area contributed by atoms with E-state index >= 15 is 0 Å². The van der Waals surface area contributed by atoms with E-state index in [0.29, 0.717) is 23.9 Å². The number of carbonyl (C=O) groups excluding carboxylic acids is 1. The van der Waals surface area contributed by atoms with Gasteiger partial charge in [-0.3, -0.25) is 4.79 Å². The second-order valence-corrected chi connectivity index (χ2v) is 5.61. The minimum absolute atomic E-state index is 0.268. The zero-order valence-corrected chi connectivity index (χ0v) is 10.7. The third kappa shape index (κ3) is 2.24. The molecule has 0 aromatic rings. The molecule has 0 spiro atoms. The average molecular weight is 224 g/mol. The van der Waals surface area contributed by atoms with Crippen LogP contribution in [0.15, 0.2) is 0 Å². The Bertz CT molecular complexity index is 267. The van der Waals surface area contributed by atoms with E-state index < -0.39 is 0 Å². The maximum atomic E-state index is 12.4. The van der Waals surface area contributed by atoms with Crippen molar-refractivity contribution in [2.24, 2.45) is 11.8 Å². The molecule has 4 atom stereocenters. The van der Waals surface area contributed by atoms with Crippen LogP contribution in [0.1, 0.15) is 40.0 Å². The molecular weight excluding hydrogens is 200 g/mol. The van der Waals surface area contributed by atoms with Crippen LogP contribution in [-0.2, 0) is 4.79 Å². The Balaban J connectivity index is 1.96. The van der Waals surface area contributed by atoms with Crippen molar-refractivity contribution < 1.29 is 4.79 Å². The summed E-state index contributed by atoms with van der Waals surface area (Å²) in [7, 11) is 0. The molecule has 0 radical (unpaired) electrons. The summed E-state index contributed by atoms with van der Waals surface area (Å²) in [4.78, 5) is 14.5. The normalized spacial score (nSPS) is 40.1. The summed E-state index contributed by atoms with van der Waals surface area (Å²) in [6.07, 6.45) is 3.20. The molecule has 2 aliphatic rings. The van der Waals surface area contributed by atoms with Gasteiger partial charge >= 0.3 is 0 Å². The van der Waals surface area contributed by atoms with Crippen LogP contribution in [-0.4, -0.2) is 36.0 Å². The number of carbonyl (C=O) groups is 1. The van der Waals surface area contributed by atoms with Crippen LogP contribution in [0.5, 0.6) is 0 Å². The van der Waals surface area contributed by atoms with Gasteiger partial charge in [-0.25, -0.2) is 0 Å². The zero-order chi connectivity index (χ0) is 11.7. The van der Waals surface area contributed by atoms with Crippen molar-refractivity contribution in [2.45, 2.75) is 52.1 Å². The largest absolute Gasteiger partial charge is 0.339 e. The Morgan fingerprint density at radius 2 is 2.00 bits per heavy atom. The summed E-state index contributed by atoms with van der Waals surface area (Å²) in [5, 5.41) is 3.41. The van der Waals surface area contributed by atoms with Crippen LogP contribution in [0.3, 0.4) is 0 Å². The molecule has 92 valence electrons. The first-order valence-corrected chi connectivity index (χ1v) is 6.63. The van der Waals surface area contributed by atoms with Gasteiger partial charge < -0.3 is 10.2 Å². The highest BCUT2D eigenvalue weighted by Crippen LogP contribution is 2.27. The van der Waals surface area contributed by atoms with Gasteiger partial charge in [0, 0.05) is 24.5 Å². The van der Waals surface area contributed by atoms with Crippen molar-refractivity contribution in [3.05, 3.63) is 0 Å². The van der Waals surface area contributed by atoms with E-state index in [1.54, 1.807) is 0 Å². The van der Waals surface area contributed by atoms with E-state index in [4.69, 9.17) is 0 Å². The van der Waals surface area contributed by atoms with Crippen LogP contribution in [0.4, 0.5) is 0 Å². The van der Waals surface area contributed by atoms with Crippen molar-refractivity contribution in [3.63, 3.8) is 0 Å². The first kappa shape index (κ1) is 11.9. The minimum atomic E-state index is 0.268. The molecule has 0 aliphatic carbocycles. The van der Waals surface area contributed by atoms with Gasteiger partial charge in [-0.15, -0.1) is 0 Å². The Morgan fingerprint density at radius 3 is 2.56 bits per heavy atom. The predicted octanol–water partition coefficient (Wildman–Crippen LogP) is 1.63. The highest BCUT2D eigenvalue weighted by atomic mass is 16.2. The number of piperidine rings is 1. The van der Waals surface area contributed by atoms with Gasteiger partial charge in [0.1, 0.15) is 0 Å².